The quantitative estimate of drug-likeness (QED) is 0.871. The second-order valence-electron chi connectivity index (χ2n) is 4.84. The summed E-state index contributed by atoms with van der Waals surface area (Å²) >= 11 is 3.52. The minimum Gasteiger partial charge on any atom is -0.335 e. The number of nitrogens with one attached hydrogen (secondary N) is 2. The van der Waals surface area contributed by atoms with Gasteiger partial charge in [0.2, 0.25) is 0 Å². The summed E-state index contributed by atoms with van der Waals surface area (Å²) in [7, 11) is 0. The molecular formula is C16H18BrN3O. The average molecular weight is 348 g/mol. The molecule has 0 aliphatic heterocycles. The predicted octanol–water partition coefficient (Wildman–Crippen LogP) is 3.27. The molecule has 110 valence electrons. The van der Waals surface area contributed by atoms with Gasteiger partial charge in [0, 0.05) is 16.7 Å². The number of aromatic nitrogens is 1. The van der Waals surface area contributed by atoms with Crippen LogP contribution in [0.4, 0.5) is 4.79 Å². The van der Waals surface area contributed by atoms with E-state index in [9.17, 15) is 4.79 Å². The van der Waals surface area contributed by atoms with Gasteiger partial charge in [0.1, 0.15) is 0 Å². The standard InChI is InChI=1S/C16H18BrN3O/c1-12(10-13-6-2-3-8-15(13)17)20-16(21)19-11-14-7-4-5-9-18-14/h2-9,12H,10-11H2,1H3,(H2,19,20,21)/t12-/m0/s1. The Labute approximate surface area is 133 Å². The molecule has 5 heteroatoms. The van der Waals surface area contributed by atoms with E-state index in [-0.39, 0.29) is 12.1 Å². The Kier molecular flexibility index (Phi) is 5.75. The lowest BCUT2D eigenvalue weighted by molar-refractivity contribution is 0.237. The van der Waals surface area contributed by atoms with Gasteiger partial charge in [0.05, 0.1) is 12.2 Å². The predicted molar refractivity (Wildman–Crippen MR) is 86.9 cm³/mol. The van der Waals surface area contributed by atoms with Crippen LogP contribution in [0.2, 0.25) is 0 Å². The number of amides is 2. The van der Waals surface area contributed by atoms with Crippen molar-refractivity contribution in [1.82, 2.24) is 15.6 Å². The van der Waals surface area contributed by atoms with E-state index in [4.69, 9.17) is 0 Å². The van der Waals surface area contributed by atoms with E-state index < -0.39 is 0 Å². The Morgan fingerprint density at radius 1 is 1.24 bits per heavy atom. The van der Waals surface area contributed by atoms with E-state index in [1.165, 1.54) is 5.56 Å². The third kappa shape index (κ3) is 5.19. The highest BCUT2D eigenvalue weighted by molar-refractivity contribution is 9.10. The Hall–Kier alpha value is -1.88. The van der Waals surface area contributed by atoms with Crippen LogP contribution in [0.5, 0.6) is 0 Å². The summed E-state index contributed by atoms with van der Waals surface area (Å²) in [5.41, 5.74) is 2.01. The molecule has 0 spiro atoms. The topological polar surface area (TPSA) is 54.0 Å². The van der Waals surface area contributed by atoms with Crippen LogP contribution >= 0.6 is 15.9 Å². The van der Waals surface area contributed by atoms with E-state index >= 15 is 0 Å². The summed E-state index contributed by atoms with van der Waals surface area (Å²) in [5, 5.41) is 5.73. The molecule has 0 unspecified atom stereocenters. The van der Waals surface area contributed by atoms with E-state index in [0.717, 1.165) is 16.6 Å². The molecule has 4 nitrogen and oxygen atoms in total. The van der Waals surface area contributed by atoms with Crippen molar-refractivity contribution in [1.29, 1.82) is 0 Å². The molecule has 2 amide bonds. The number of carbonyl (C=O) groups excluding carboxylic acids is 1. The molecule has 1 aromatic heterocycles. The Bertz CT molecular complexity index is 589. The maximum Gasteiger partial charge on any atom is 0.315 e. The van der Waals surface area contributed by atoms with E-state index in [2.05, 4.69) is 31.5 Å². The smallest absolute Gasteiger partial charge is 0.315 e. The molecule has 21 heavy (non-hydrogen) atoms. The molecule has 1 atom stereocenters. The molecule has 2 aromatic rings. The number of hydrogen-bond donors (Lipinski definition) is 2. The van der Waals surface area contributed by atoms with Crippen LogP contribution in [0.3, 0.4) is 0 Å². The SMILES string of the molecule is C[C@@H](Cc1ccccc1Br)NC(=O)NCc1ccccn1. The van der Waals surface area contributed by atoms with Crippen molar-refractivity contribution in [3.05, 3.63) is 64.4 Å². The zero-order chi connectivity index (χ0) is 15.1. The number of pyridine rings is 1. The summed E-state index contributed by atoms with van der Waals surface area (Å²) in [6.45, 7) is 2.41. The summed E-state index contributed by atoms with van der Waals surface area (Å²) in [6, 6.07) is 13.5. The maximum atomic E-state index is 11.8. The highest BCUT2D eigenvalue weighted by Crippen LogP contribution is 2.17. The van der Waals surface area contributed by atoms with Crippen LogP contribution in [0, 0.1) is 0 Å². The van der Waals surface area contributed by atoms with Gasteiger partial charge >= 0.3 is 6.03 Å². The molecule has 0 fully saturated rings. The van der Waals surface area contributed by atoms with Crippen molar-refractivity contribution in [2.24, 2.45) is 0 Å². The number of hydrogen-bond acceptors (Lipinski definition) is 2. The molecule has 0 aliphatic rings. The number of urea groups is 1. The average Bonchev–Trinajstić information content (AvgIpc) is 2.48. The van der Waals surface area contributed by atoms with E-state index in [0.29, 0.717) is 6.54 Å². The fourth-order valence-corrected chi connectivity index (χ4v) is 2.44. The van der Waals surface area contributed by atoms with E-state index in [1.807, 2.05) is 49.4 Å². The van der Waals surface area contributed by atoms with Crippen LogP contribution in [0.25, 0.3) is 0 Å². The van der Waals surface area contributed by atoms with Gasteiger partial charge in [0.25, 0.3) is 0 Å². The molecule has 0 saturated heterocycles. The van der Waals surface area contributed by atoms with Gasteiger partial charge in [-0.3, -0.25) is 4.98 Å². The lowest BCUT2D eigenvalue weighted by atomic mass is 10.1. The van der Waals surface area contributed by atoms with Crippen molar-refractivity contribution in [3.8, 4) is 0 Å². The molecule has 2 rings (SSSR count). The first-order valence-corrected chi connectivity index (χ1v) is 7.62. The van der Waals surface area contributed by atoms with Crippen LogP contribution in [-0.2, 0) is 13.0 Å². The Morgan fingerprint density at radius 2 is 2.00 bits per heavy atom. The molecular weight excluding hydrogens is 330 g/mol. The number of nitrogens with zero attached hydrogens (tertiary/aromatic N) is 1. The van der Waals surface area contributed by atoms with Gasteiger partial charge in [-0.05, 0) is 37.1 Å². The minimum atomic E-state index is -0.180. The first-order chi connectivity index (χ1) is 10.1. The summed E-state index contributed by atoms with van der Waals surface area (Å²) < 4.78 is 1.06. The van der Waals surface area contributed by atoms with Crippen molar-refractivity contribution < 1.29 is 4.79 Å². The molecule has 0 saturated carbocycles. The van der Waals surface area contributed by atoms with Crippen LogP contribution in [0.1, 0.15) is 18.2 Å². The Balaban J connectivity index is 1.78. The van der Waals surface area contributed by atoms with E-state index in [1.54, 1.807) is 6.20 Å². The van der Waals surface area contributed by atoms with Crippen LogP contribution < -0.4 is 10.6 Å². The monoisotopic (exact) mass is 347 g/mol. The number of carbonyl (C=O) groups is 1. The van der Waals surface area contributed by atoms with Gasteiger partial charge in [-0.25, -0.2) is 4.79 Å². The van der Waals surface area contributed by atoms with Crippen LogP contribution in [0.15, 0.2) is 53.1 Å². The fourth-order valence-electron chi connectivity index (χ4n) is 1.99. The maximum absolute atomic E-state index is 11.8. The Morgan fingerprint density at radius 3 is 2.71 bits per heavy atom. The van der Waals surface area contributed by atoms with Crippen molar-refractivity contribution in [2.45, 2.75) is 25.9 Å². The lowest BCUT2D eigenvalue weighted by Crippen LogP contribution is -2.41. The highest BCUT2D eigenvalue weighted by atomic mass is 79.9. The third-order valence-corrected chi connectivity index (χ3v) is 3.79. The fraction of sp³-hybridized carbons (Fsp3) is 0.250. The molecule has 0 bridgehead atoms. The first kappa shape index (κ1) is 15.5. The summed E-state index contributed by atoms with van der Waals surface area (Å²) in [5.74, 6) is 0. The summed E-state index contributed by atoms with van der Waals surface area (Å²) in [6.07, 6.45) is 2.49. The molecule has 1 aromatic carbocycles. The minimum absolute atomic E-state index is 0.0485. The third-order valence-electron chi connectivity index (χ3n) is 3.02. The van der Waals surface area contributed by atoms with Crippen molar-refractivity contribution >= 4 is 22.0 Å². The molecule has 2 N–H and O–H groups in total. The first-order valence-electron chi connectivity index (χ1n) is 6.83. The highest BCUT2D eigenvalue weighted by Gasteiger charge is 2.09. The second-order valence-corrected chi connectivity index (χ2v) is 5.70. The zero-order valence-electron chi connectivity index (χ0n) is 11.8. The second kappa shape index (κ2) is 7.78. The van der Waals surface area contributed by atoms with Gasteiger partial charge in [-0.15, -0.1) is 0 Å². The lowest BCUT2D eigenvalue weighted by Gasteiger charge is -2.15. The summed E-state index contributed by atoms with van der Waals surface area (Å²) in [4.78, 5) is 16.0. The van der Waals surface area contributed by atoms with Gasteiger partial charge in [-0.2, -0.15) is 0 Å². The largest absolute Gasteiger partial charge is 0.335 e. The zero-order valence-corrected chi connectivity index (χ0v) is 13.4. The molecule has 1 heterocycles. The number of halogens is 1. The number of rotatable bonds is 5. The van der Waals surface area contributed by atoms with Crippen molar-refractivity contribution in [2.75, 3.05) is 0 Å². The van der Waals surface area contributed by atoms with Gasteiger partial charge < -0.3 is 10.6 Å². The van der Waals surface area contributed by atoms with Crippen LogP contribution in [-0.4, -0.2) is 17.1 Å². The van der Waals surface area contributed by atoms with Gasteiger partial charge in [-0.1, -0.05) is 40.2 Å². The van der Waals surface area contributed by atoms with Crippen molar-refractivity contribution in [3.63, 3.8) is 0 Å². The molecule has 0 aliphatic carbocycles. The van der Waals surface area contributed by atoms with Gasteiger partial charge in [0.15, 0.2) is 0 Å². The normalized spacial score (nSPS) is 11.7. The number of benzene rings is 1. The molecule has 0 radical (unpaired) electrons.